The van der Waals surface area contributed by atoms with Crippen LogP contribution in [-0.2, 0) is 0 Å². The van der Waals surface area contributed by atoms with E-state index in [1.165, 1.54) is 0 Å². The Morgan fingerprint density at radius 3 is 1.80 bits per heavy atom. The van der Waals surface area contributed by atoms with Gasteiger partial charge in [0.1, 0.15) is 0 Å². The third kappa shape index (κ3) is 4.35. The molecule has 114 valence electrons. The Bertz CT molecular complexity index is 322. The number of nitrogens with zero attached hydrogens (tertiary/aromatic N) is 4. The zero-order valence-electron chi connectivity index (χ0n) is 11.1. The Labute approximate surface area is 146 Å². The van der Waals surface area contributed by atoms with E-state index >= 15 is 0 Å². The monoisotopic (exact) mass is 369 g/mol. The molecule has 2 aliphatic heterocycles. The molecule has 0 unspecified atom stereocenters. The molecule has 2 fully saturated rings. The van der Waals surface area contributed by atoms with Crippen LogP contribution in [0.5, 0.6) is 0 Å². The summed E-state index contributed by atoms with van der Waals surface area (Å²) in [4.78, 5) is 0. The first-order chi connectivity index (χ1) is 9.61. The van der Waals surface area contributed by atoms with E-state index in [1.807, 2.05) is 22.0 Å². The summed E-state index contributed by atoms with van der Waals surface area (Å²) < 4.78 is 0.980. The minimum Gasteiger partial charge on any atom is -0.314 e. The van der Waals surface area contributed by atoms with Gasteiger partial charge in [0, 0.05) is 50.8 Å². The van der Waals surface area contributed by atoms with Crippen molar-refractivity contribution in [2.24, 2.45) is 0 Å². The van der Waals surface area contributed by atoms with E-state index in [4.69, 9.17) is 24.4 Å². The Morgan fingerprint density at radius 2 is 1.35 bits per heavy atom. The molecule has 2 heterocycles. The lowest BCUT2D eigenvalue weighted by atomic mass is 10.4. The van der Waals surface area contributed by atoms with Crippen LogP contribution >= 0.6 is 61.5 Å². The molecule has 0 aromatic rings. The highest BCUT2D eigenvalue weighted by Gasteiger charge is 2.31. The summed E-state index contributed by atoms with van der Waals surface area (Å²) in [5, 5.41) is 11.5. The van der Waals surface area contributed by atoms with Gasteiger partial charge in [0.2, 0.25) is 0 Å². The molecule has 0 atom stereocenters. The molecule has 1 N–H and O–H groups in total. The Hall–Kier alpha value is 0.710. The van der Waals surface area contributed by atoms with Gasteiger partial charge in [0.05, 0.1) is 0 Å². The van der Waals surface area contributed by atoms with E-state index in [0.717, 1.165) is 50.8 Å². The molecule has 2 saturated heterocycles. The van der Waals surface area contributed by atoms with Crippen molar-refractivity contribution in [3.63, 3.8) is 0 Å². The summed E-state index contributed by atoms with van der Waals surface area (Å²) in [6, 6.07) is 0. The molecule has 10 heteroatoms. The van der Waals surface area contributed by atoms with Crippen LogP contribution in [0.15, 0.2) is 0 Å². The molecular weight excluding hydrogens is 350 g/mol. The van der Waals surface area contributed by atoms with E-state index in [9.17, 15) is 0 Å². The van der Waals surface area contributed by atoms with Crippen molar-refractivity contribution in [2.75, 3.05) is 50.8 Å². The lowest BCUT2D eigenvalue weighted by molar-refractivity contribution is -0.179. The molecule has 0 radical (unpaired) electrons. The smallest absolute Gasteiger partial charge is 0.171 e. The van der Waals surface area contributed by atoms with E-state index in [-0.39, 0.29) is 0 Å². The second kappa shape index (κ2) is 8.37. The SMILES string of the molecule is S=C(S)N(N1CCNCC1)N(C(=S)S)N1CCSCC1. The molecule has 2 rings (SSSR count). The number of thiocarbonyl (C=S) groups is 2. The molecule has 0 amide bonds. The molecule has 0 spiro atoms. The highest BCUT2D eigenvalue weighted by molar-refractivity contribution is 8.11. The Kier molecular flexibility index (Phi) is 7.14. The lowest BCUT2D eigenvalue weighted by Gasteiger charge is -2.48. The van der Waals surface area contributed by atoms with Crippen LogP contribution in [0.1, 0.15) is 0 Å². The summed E-state index contributed by atoms with van der Waals surface area (Å²) in [7, 11) is 0. The van der Waals surface area contributed by atoms with Crippen molar-refractivity contribution < 1.29 is 0 Å². The summed E-state index contributed by atoms with van der Waals surface area (Å²) in [5.41, 5.74) is 0. The van der Waals surface area contributed by atoms with Crippen LogP contribution in [0, 0.1) is 0 Å². The first-order valence-electron chi connectivity index (χ1n) is 6.45. The molecule has 0 bridgehead atoms. The minimum absolute atomic E-state index is 0.488. The van der Waals surface area contributed by atoms with Gasteiger partial charge in [-0.25, -0.2) is 0 Å². The number of piperazine rings is 1. The number of rotatable bonds is 2. The number of nitrogens with one attached hydrogen (secondary N) is 1. The second-order valence-electron chi connectivity index (χ2n) is 4.41. The highest BCUT2D eigenvalue weighted by Crippen LogP contribution is 2.19. The van der Waals surface area contributed by atoms with Gasteiger partial charge < -0.3 is 5.32 Å². The molecule has 5 nitrogen and oxygen atoms in total. The van der Waals surface area contributed by atoms with Crippen molar-refractivity contribution in [2.45, 2.75) is 0 Å². The maximum Gasteiger partial charge on any atom is 0.171 e. The van der Waals surface area contributed by atoms with Crippen LogP contribution in [0.25, 0.3) is 0 Å². The molecule has 2 aliphatic rings. The van der Waals surface area contributed by atoms with Crippen molar-refractivity contribution in [3.8, 4) is 0 Å². The normalized spacial score (nSPS) is 21.5. The first-order valence-corrected chi connectivity index (χ1v) is 9.32. The fourth-order valence-electron chi connectivity index (χ4n) is 2.23. The molecule has 0 aromatic heterocycles. The molecule has 0 saturated carbocycles. The quantitative estimate of drug-likeness (QED) is 0.372. The number of hydrazine groups is 3. The lowest BCUT2D eigenvalue weighted by Crippen LogP contribution is -2.65. The van der Waals surface area contributed by atoms with Crippen molar-refractivity contribution in [1.82, 2.24) is 25.6 Å². The summed E-state index contributed by atoms with van der Waals surface area (Å²) in [6.45, 7) is 5.47. The third-order valence-corrected chi connectivity index (χ3v) is 4.77. The third-order valence-electron chi connectivity index (χ3n) is 3.14. The van der Waals surface area contributed by atoms with Crippen LogP contribution in [-0.4, -0.2) is 79.7 Å². The summed E-state index contributed by atoms with van der Waals surface area (Å²) in [6.07, 6.45) is 0. The van der Waals surface area contributed by atoms with Gasteiger partial charge >= 0.3 is 0 Å². The molecule has 20 heavy (non-hydrogen) atoms. The topological polar surface area (TPSA) is 25.0 Å². The van der Waals surface area contributed by atoms with Crippen molar-refractivity contribution >= 4 is 70.1 Å². The number of thiol groups is 2. The minimum atomic E-state index is 0.488. The van der Waals surface area contributed by atoms with Crippen molar-refractivity contribution in [3.05, 3.63) is 0 Å². The summed E-state index contributed by atoms with van der Waals surface area (Å²) in [5.74, 6) is 2.17. The van der Waals surface area contributed by atoms with Crippen molar-refractivity contribution in [1.29, 1.82) is 0 Å². The average molecular weight is 370 g/mol. The van der Waals surface area contributed by atoms with Crippen LogP contribution in [0.4, 0.5) is 0 Å². The number of hydrogen-bond donors (Lipinski definition) is 3. The van der Waals surface area contributed by atoms with Crippen LogP contribution in [0.2, 0.25) is 0 Å². The number of thioether (sulfide) groups is 1. The fraction of sp³-hybridized carbons (Fsp3) is 0.800. The largest absolute Gasteiger partial charge is 0.314 e. The van der Waals surface area contributed by atoms with E-state index in [2.05, 4.69) is 40.6 Å². The zero-order chi connectivity index (χ0) is 14.5. The van der Waals surface area contributed by atoms with Gasteiger partial charge in [0.15, 0.2) is 8.64 Å². The first kappa shape index (κ1) is 17.1. The van der Waals surface area contributed by atoms with Gasteiger partial charge in [0.25, 0.3) is 0 Å². The van der Waals surface area contributed by atoms with E-state index < -0.39 is 0 Å². The summed E-state index contributed by atoms with van der Waals surface area (Å²) >= 11 is 21.4. The maximum atomic E-state index is 5.33. The van der Waals surface area contributed by atoms with Gasteiger partial charge in [-0.15, -0.1) is 25.3 Å². The second-order valence-corrected chi connectivity index (χ2v) is 7.86. The predicted octanol–water partition coefficient (Wildman–Crippen LogP) is 0.719. The fourth-order valence-corrected chi connectivity index (χ4v) is 3.92. The average Bonchev–Trinajstić information content (AvgIpc) is 2.45. The standard InChI is InChI=1S/C10H19N5S5/c16-9(17)14(12-3-1-11-2-4-12)15(10(18)19)13-5-7-20-8-6-13/h11H,1-8H2,(H,16,17)(H,18,19). The van der Waals surface area contributed by atoms with Gasteiger partial charge in [-0.05, 0) is 24.4 Å². The van der Waals surface area contributed by atoms with Crippen LogP contribution in [0.3, 0.4) is 0 Å². The maximum absolute atomic E-state index is 5.33. The van der Waals surface area contributed by atoms with Gasteiger partial charge in [-0.3, -0.25) is 0 Å². The van der Waals surface area contributed by atoms with E-state index in [0.29, 0.717) is 8.64 Å². The number of hydrogen-bond acceptors (Lipinski definition) is 6. The molecular formula is C10H19N5S5. The zero-order valence-corrected chi connectivity index (χ0v) is 15.3. The Balaban J connectivity index is 2.17. The molecule has 0 aliphatic carbocycles. The van der Waals surface area contributed by atoms with Gasteiger partial charge in [-0.1, -0.05) is 0 Å². The predicted molar refractivity (Wildman–Crippen MR) is 100 cm³/mol. The van der Waals surface area contributed by atoms with Crippen LogP contribution < -0.4 is 5.32 Å². The van der Waals surface area contributed by atoms with Gasteiger partial charge in [-0.2, -0.15) is 32.0 Å². The molecule has 0 aromatic carbocycles. The Morgan fingerprint density at radius 1 is 0.900 bits per heavy atom. The van der Waals surface area contributed by atoms with E-state index in [1.54, 1.807) is 0 Å². The highest BCUT2D eigenvalue weighted by atomic mass is 32.2.